The lowest BCUT2D eigenvalue weighted by Gasteiger charge is -1.99. The predicted molar refractivity (Wildman–Crippen MR) is 62.1 cm³/mol. The normalized spacial score (nSPS) is 10.2. The van der Waals surface area contributed by atoms with Crippen LogP contribution in [-0.4, -0.2) is 15.8 Å². The largest absolute Gasteiger partial charge is 0.292 e. The van der Waals surface area contributed by atoms with Gasteiger partial charge >= 0.3 is 0 Å². The van der Waals surface area contributed by atoms with Crippen LogP contribution in [0.25, 0.3) is 0 Å². The van der Waals surface area contributed by atoms with Gasteiger partial charge in [-0.05, 0) is 28.1 Å². The van der Waals surface area contributed by atoms with E-state index in [1.165, 1.54) is 11.3 Å². The minimum Gasteiger partial charge on any atom is -0.292 e. The molecular formula is C10H7BrN2OS. The third kappa shape index (κ3) is 2.49. The maximum absolute atomic E-state index is 11.8. The molecule has 0 aliphatic heterocycles. The second kappa shape index (κ2) is 4.63. The Kier molecular flexibility index (Phi) is 3.23. The highest BCUT2D eigenvalue weighted by Crippen LogP contribution is 2.16. The molecule has 2 heterocycles. The van der Waals surface area contributed by atoms with E-state index in [-0.39, 0.29) is 5.78 Å². The Hall–Kier alpha value is -1.07. The molecule has 76 valence electrons. The zero-order chi connectivity index (χ0) is 10.7. The van der Waals surface area contributed by atoms with E-state index in [2.05, 4.69) is 25.9 Å². The van der Waals surface area contributed by atoms with Gasteiger partial charge in [0.2, 0.25) is 0 Å². The van der Waals surface area contributed by atoms with E-state index < -0.39 is 0 Å². The molecule has 0 spiro atoms. The first-order valence-electron chi connectivity index (χ1n) is 4.28. The molecule has 15 heavy (non-hydrogen) atoms. The van der Waals surface area contributed by atoms with E-state index >= 15 is 0 Å². The summed E-state index contributed by atoms with van der Waals surface area (Å²) in [5.41, 5.74) is 2.20. The maximum Gasteiger partial charge on any atom is 0.187 e. The highest BCUT2D eigenvalue weighted by molar-refractivity contribution is 9.10. The minimum absolute atomic E-state index is 0.00623. The molecule has 2 aromatic heterocycles. The Morgan fingerprint density at radius 3 is 3.07 bits per heavy atom. The van der Waals surface area contributed by atoms with Gasteiger partial charge in [0.05, 0.1) is 5.51 Å². The minimum atomic E-state index is 0.00623. The Labute approximate surface area is 99.3 Å². The molecule has 2 rings (SSSR count). The molecule has 5 heteroatoms. The summed E-state index contributed by atoms with van der Waals surface area (Å²) < 4.78 is 0.736. The zero-order valence-electron chi connectivity index (χ0n) is 7.68. The first kappa shape index (κ1) is 10.4. The van der Waals surface area contributed by atoms with Crippen LogP contribution in [0.5, 0.6) is 0 Å². The van der Waals surface area contributed by atoms with E-state index in [0.29, 0.717) is 12.1 Å². The monoisotopic (exact) mass is 282 g/mol. The topological polar surface area (TPSA) is 42.9 Å². The van der Waals surface area contributed by atoms with Crippen LogP contribution >= 0.6 is 27.3 Å². The number of ketones is 1. The third-order valence-electron chi connectivity index (χ3n) is 1.84. The van der Waals surface area contributed by atoms with Crippen molar-refractivity contribution in [3.8, 4) is 0 Å². The molecule has 0 amide bonds. The van der Waals surface area contributed by atoms with Crippen molar-refractivity contribution < 1.29 is 4.79 Å². The Balaban J connectivity index is 2.19. The summed E-state index contributed by atoms with van der Waals surface area (Å²) in [6.07, 6.45) is 3.68. The molecule has 0 aromatic carbocycles. The first-order chi connectivity index (χ1) is 7.27. The Morgan fingerprint density at radius 1 is 1.53 bits per heavy atom. The van der Waals surface area contributed by atoms with E-state index in [4.69, 9.17) is 0 Å². The van der Waals surface area contributed by atoms with Crippen molar-refractivity contribution in [1.29, 1.82) is 0 Å². The number of rotatable bonds is 3. The lowest BCUT2D eigenvalue weighted by molar-refractivity contribution is 0.0988. The highest BCUT2D eigenvalue weighted by atomic mass is 79.9. The molecule has 0 fully saturated rings. The molecule has 0 bridgehead atoms. The fourth-order valence-corrected chi connectivity index (χ4v) is 2.23. The number of hydrogen-bond donors (Lipinski definition) is 0. The average molecular weight is 283 g/mol. The first-order valence-corrected chi connectivity index (χ1v) is 5.95. The van der Waals surface area contributed by atoms with Crippen LogP contribution in [0.15, 0.2) is 34.5 Å². The van der Waals surface area contributed by atoms with Gasteiger partial charge in [-0.3, -0.25) is 14.8 Å². The summed E-state index contributed by atoms with van der Waals surface area (Å²) in [5, 5.41) is 0. The van der Waals surface area contributed by atoms with Gasteiger partial charge in [0, 0.05) is 28.2 Å². The van der Waals surface area contributed by atoms with Crippen LogP contribution < -0.4 is 0 Å². The lowest BCUT2D eigenvalue weighted by Crippen LogP contribution is -2.05. The van der Waals surface area contributed by atoms with Crippen molar-refractivity contribution in [1.82, 2.24) is 9.97 Å². The molecular weight excluding hydrogens is 276 g/mol. The van der Waals surface area contributed by atoms with Crippen molar-refractivity contribution in [3.05, 3.63) is 45.1 Å². The molecule has 0 atom stereocenters. The van der Waals surface area contributed by atoms with Gasteiger partial charge in [-0.25, -0.2) is 0 Å². The van der Waals surface area contributed by atoms with Crippen molar-refractivity contribution in [2.75, 3.05) is 0 Å². The molecule has 0 radical (unpaired) electrons. The van der Waals surface area contributed by atoms with E-state index in [1.54, 1.807) is 24.0 Å². The molecule has 0 unspecified atom stereocenters. The quantitative estimate of drug-likeness (QED) is 0.813. The van der Waals surface area contributed by atoms with Gasteiger partial charge in [-0.2, -0.15) is 0 Å². The van der Waals surface area contributed by atoms with Gasteiger partial charge in [0.15, 0.2) is 5.78 Å². The van der Waals surface area contributed by atoms with Crippen LogP contribution in [0.2, 0.25) is 0 Å². The number of nitrogens with zero attached hydrogens (tertiary/aromatic N) is 2. The molecule has 3 nitrogen and oxygen atoms in total. The number of aromatic nitrogens is 2. The van der Waals surface area contributed by atoms with E-state index in [1.807, 2.05) is 6.07 Å². The van der Waals surface area contributed by atoms with E-state index in [9.17, 15) is 4.79 Å². The SMILES string of the molecule is O=C(Cc1cncs1)c1ncccc1Br. The summed E-state index contributed by atoms with van der Waals surface area (Å²) in [6.45, 7) is 0. The van der Waals surface area contributed by atoms with Crippen molar-refractivity contribution in [2.24, 2.45) is 0 Å². The number of Topliss-reactive ketones (excluding diaryl/α,β-unsaturated/α-hetero) is 1. The van der Waals surface area contributed by atoms with Crippen LogP contribution in [0.4, 0.5) is 0 Å². The zero-order valence-corrected chi connectivity index (χ0v) is 10.1. The van der Waals surface area contributed by atoms with Crippen LogP contribution in [-0.2, 0) is 6.42 Å². The second-order valence-corrected chi connectivity index (χ2v) is 4.73. The molecule has 0 aliphatic rings. The maximum atomic E-state index is 11.8. The number of hydrogen-bond acceptors (Lipinski definition) is 4. The van der Waals surface area contributed by atoms with Crippen LogP contribution in [0.3, 0.4) is 0 Å². The van der Waals surface area contributed by atoms with Gasteiger partial charge < -0.3 is 0 Å². The standard InChI is InChI=1S/C10H7BrN2OS/c11-8-2-1-3-13-10(8)9(14)4-7-5-12-6-15-7/h1-3,5-6H,4H2. The number of pyridine rings is 1. The van der Waals surface area contributed by atoms with Gasteiger partial charge in [-0.1, -0.05) is 0 Å². The molecule has 0 N–H and O–H groups in total. The summed E-state index contributed by atoms with van der Waals surface area (Å²) >= 11 is 4.78. The number of thiazole rings is 1. The van der Waals surface area contributed by atoms with Gasteiger partial charge in [-0.15, -0.1) is 11.3 Å². The van der Waals surface area contributed by atoms with Gasteiger partial charge in [0.1, 0.15) is 5.69 Å². The van der Waals surface area contributed by atoms with Crippen LogP contribution in [0.1, 0.15) is 15.4 Å². The predicted octanol–water partition coefficient (Wildman–Crippen LogP) is 2.73. The molecule has 0 saturated heterocycles. The smallest absolute Gasteiger partial charge is 0.187 e. The van der Waals surface area contributed by atoms with Crippen LogP contribution in [0, 0.1) is 0 Å². The fraction of sp³-hybridized carbons (Fsp3) is 0.100. The lowest BCUT2D eigenvalue weighted by atomic mass is 10.2. The Morgan fingerprint density at radius 2 is 2.40 bits per heavy atom. The second-order valence-electron chi connectivity index (χ2n) is 2.90. The van der Waals surface area contributed by atoms with Crippen molar-refractivity contribution >= 4 is 33.0 Å². The number of carbonyl (C=O) groups excluding carboxylic acids is 1. The van der Waals surface area contributed by atoms with Crippen molar-refractivity contribution in [2.45, 2.75) is 6.42 Å². The van der Waals surface area contributed by atoms with Gasteiger partial charge in [0.25, 0.3) is 0 Å². The Bertz CT molecular complexity index is 470. The number of halogens is 1. The molecule has 2 aromatic rings. The highest BCUT2D eigenvalue weighted by Gasteiger charge is 2.12. The molecule has 0 aliphatic carbocycles. The summed E-state index contributed by atoms with van der Waals surface area (Å²) in [7, 11) is 0. The summed E-state index contributed by atoms with van der Waals surface area (Å²) in [4.78, 5) is 20.7. The number of carbonyl (C=O) groups is 1. The fourth-order valence-electron chi connectivity index (χ4n) is 1.16. The van der Waals surface area contributed by atoms with E-state index in [0.717, 1.165) is 9.35 Å². The third-order valence-corrected chi connectivity index (χ3v) is 3.26. The summed E-state index contributed by atoms with van der Waals surface area (Å²) in [6, 6.07) is 3.60. The molecule has 0 saturated carbocycles. The average Bonchev–Trinajstić information content (AvgIpc) is 2.71. The van der Waals surface area contributed by atoms with Crippen molar-refractivity contribution in [3.63, 3.8) is 0 Å². The summed E-state index contributed by atoms with van der Waals surface area (Å²) in [5.74, 6) is 0.00623.